The second kappa shape index (κ2) is 5.81. The number of fused-ring (bicyclic) bond motifs is 1. The van der Waals surface area contributed by atoms with Gasteiger partial charge in [-0.2, -0.15) is 5.10 Å². The van der Waals surface area contributed by atoms with Crippen molar-refractivity contribution in [3.63, 3.8) is 0 Å². The molecule has 1 aliphatic heterocycles. The molecule has 0 unspecified atom stereocenters. The van der Waals surface area contributed by atoms with Crippen LogP contribution in [0.15, 0.2) is 30.3 Å². The van der Waals surface area contributed by atoms with Gasteiger partial charge in [-0.3, -0.25) is 9.48 Å². The molecule has 0 radical (unpaired) electrons. The van der Waals surface area contributed by atoms with Gasteiger partial charge in [-0.15, -0.1) is 0 Å². The fourth-order valence-corrected chi connectivity index (χ4v) is 4.28. The predicted octanol–water partition coefficient (Wildman–Crippen LogP) is 1.16. The molecule has 1 amide bonds. The summed E-state index contributed by atoms with van der Waals surface area (Å²) in [6.07, 6.45) is 0.414. The van der Waals surface area contributed by atoms with Crippen molar-refractivity contribution in [1.82, 2.24) is 14.7 Å². The monoisotopic (exact) mass is 333 g/mol. The second-order valence-electron chi connectivity index (χ2n) is 5.89. The summed E-state index contributed by atoms with van der Waals surface area (Å²) in [6, 6.07) is 9.65. The summed E-state index contributed by atoms with van der Waals surface area (Å²) in [5, 5.41) is 4.28. The van der Waals surface area contributed by atoms with E-state index in [0.717, 1.165) is 11.3 Å². The minimum absolute atomic E-state index is 0.101. The van der Waals surface area contributed by atoms with E-state index in [1.165, 1.54) is 0 Å². The summed E-state index contributed by atoms with van der Waals surface area (Å²) in [7, 11) is 0.309. The molecule has 0 N–H and O–H groups in total. The standard InChI is InChI=1S/C16H19N3O3S/c1-18(10-12-6-4-3-5-7-12)16(20)15-13-11-23(21,22)9-8-14(13)19(2)17-15/h3-7H,8-11H2,1-2H3. The zero-order valence-corrected chi connectivity index (χ0v) is 14.0. The maximum atomic E-state index is 12.7. The lowest BCUT2D eigenvalue weighted by molar-refractivity contribution is 0.0777. The lowest BCUT2D eigenvalue weighted by atomic mass is 10.1. The van der Waals surface area contributed by atoms with Gasteiger partial charge in [0.1, 0.15) is 0 Å². The maximum absolute atomic E-state index is 12.7. The molecule has 1 aromatic heterocycles. The molecule has 0 aliphatic carbocycles. The predicted molar refractivity (Wildman–Crippen MR) is 86.6 cm³/mol. The van der Waals surface area contributed by atoms with Gasteiger partial charge >= 0.3 is 0 Å². The molecular formula is C16H19N3O3S. The van der Waals surface area contributed by atoms with Crippen LogP contribution in [0, 0.1) is 0 Å². The number of rotatable bonds is 3. The minimum Gasteiger partial charge on any atom is -0.336 e. The van der Waals surface area contributed by atoms with Crippen LogP contribution in [0.5, 0.6) is 0 Å². The van der Waals surface area contributed by atoms with E-state index in [9.17, 15) is 13.2 Å². The first kappa shape index (κ1) is 15.7. The van der Waals surface area contributed by atoms with Crippen molar-refractivity contribution in [1.29, 1.82) is 0 Å². The largest absolute Gasteiger partial charge is 0.336 e. The third-order valence-electron chi connectivity index (χ3n) is 4.10. The quantitative estimate of drug-likeness (QED) is 0.845. The zero-order valence-electron chi connectivity index (χ0n) is 13.2. The highest BCUT2D eigenvalue weighted by atomic mass is 32.2. The highest BCUT2D eigenvalue weighted by molar-refractivity contribution is 7.90. The fourth-order valence-electron chi connectivity index (χ4n) is 2.89. The van der Waals surface area contributed by atoms with E-state index in [1.54, 1.807) is 23.7 Å². The van der Waals surface area contributed by atoms with E-state index in [1.807, 2.05) is 30.3 Å². The summed E-state index contributed by atoms with van der Waals surface area (Å²) < 4.78 is 25.4. The normalized spacial score (nSPS) is 15.9. The summed E-state index contributed by atoms with van der Waals surface area (Å²) >= 11 is 0. The van der Waals surface area contributed by atoms with Crippen molar-refractivity contribution in [3.8, 4) is 0 Å². The van der Waals surface area contributed by atoms with Crippen LogP contribution in [0.1, 0.15) is 27.3 Å². The minimum atomic E-state index is -3.15. The molecule has 3 rings (SSSR count). The molecule has 1 aliphatic rings. The lowest BCUT2D eigenvalue weighted by Crippen LogP contribution is -2.28. The average Bonchev–Trinajstić information content (AvgIpc) is 2.82. The molecule has 0 fully saturated rings. The number of sulfone groups is 1. The molecular weight excluding hydrogens is 314 g/mol. The van der Waals surface area contributed by atoms with E-state index in [0.29, 0.717) is 18.5 Å². The third-order valence-corrected chi connectivity index (χ3v) is 5.66. The summed E-state index contributed by atoms with van der Waals surface area (Å²) in [6.45, 7) is 0.456. The number of nitrogens with zero attached hydrogens (tertiary/aromatic N) is 3. The van der Waals surface area contributed by atoms with Crippen LogP contribution in [-0.2, 0) is 35.6 Å². The van der Waals surface area contributed by atoms with E-state index in [2.05, 4.69) is 5.10 Å². The molecule has 2 heterocycles. The van der Waals surface area contributed by atoms with Gasteiger partial charge in [0.2, 0.25) is 0 Å². The Balaban J connectivity index is 1.88. The number of benzene rings is 1. The first-order valence-electron chi connectivity index (χ1n) is 7.42. The Labute approximate surface area is 135 Å². The molecule has 0 saturated heterocycles. The maximum Gasteiger partial charge on any atom is 0.274 e. The molecule has 7 heteroatoms. The van der Waals surface area contributed by atoms with Crippen LogP contribution in [0.3, 0.4) is 0 Å². The van der Waals surface area contributed by atoms with Crippen LogP contribution >= 0.6 is 0 Å². The van der Waals surface area contributed by atoms with Crippen molar-refractivity contribution in [2.45, 2.75) is 18.7 Å². The Morgan fingerprint density at radius 2 is 2.00 bits per heavy atom. The molecule has 2 aromatic rings. The smallest absolute Gasteiger partial charge is 0.274 e. The van der Waals surface area contributed by atoms with Crippen LogP contribution in [0.2, 0.25) is 0 Å². The number of amides is 1. The molecule has 122 valence electrons. The number of carbonyl (C=O) groups is 1. The number of carbonyl (C=O) groups excluding carboxylic acids is 1. The van der Waals surface area contributed by atoms with Crippen molar-refractivity contribution in [2.24, 2.45) is 7.05 Å². The van der Waals surface area contributed by atoms with E-state index < -0.39 is 9.84 Å². The van der Waals surface area contributed by atoms with Gasteiger partial charge in [0.15, 0.2) is 15.5 Å². The number of hydrogen-bond acceptors (Lipinski definition) is 4. The van der Waals surface area contributed by atoms with Crippen molar-refractivity contribution >= 4 is 15.7 Å². The van der Waals surface area contributed by atoms with Gasteiger partial charge in [-0.1, -0.05) is 30.3 Å². The Hall–Kier alpha value is -2.15. The number of aryl methyl sites for hydroxylation is 1. The molecule has 0 saturated carbocycles. The third kappa shape index (κ3) is 3.14. The Bertz CT molecular complexity index is 841. The Morgan fingerprint density at radius 1 is 1.30 bits per heavy atom. The van der Waals surface area contributed by atoms with E-state index in [4.69, 9.17) is 0 Å². The van der Waals surface area contributed by atoms with Crippen molar-refractivity contribution in [2.75, 3.05) is 12.8 Å². The number of hydrogen-bond donors (Lipinski definition) is 0. The van der Waals surface area contributed by atoms with E-state index in [-0.39, 0.29) is 23.1 Å². The van der Waals surface area contributed by atoms with Crippen LogP contribution in [0.25, 0.3) is 0 Å². The molecule has 0 spiro atoms. The molecule has 0 atom stereocenters. The molecule has 6 nitrogen and oxygen atoms in total. The van der Waals surface area contributed by atoms with Gasteiger partial charge in [-0.25, -0.2) is 8.42 Å². The van der Waals surface area contributed by atoms with Gasteiger partial charge < -0.3 is 4.90 Å². The number of aromatic nitrogens is 2. The van der Waals surface area contributed by atoms with Crippen LogP contribution in [-0.4, -0.2) is 41.8 Å². The highest BCUT2D eigenvalue weighted by Gasteiger charge is 2.31. The van der Waals surface area contributed by atoms with Crippen molar-refractivity contribution < 1.29 is 13.2 Å². The second-order valence-corrected chi connectivity index (χ2v) is 8.07. The molecule has 0 bridgehead atoms. The van der Waals surface area contributed by atoms with Crippen LogP contribution < -0.4 is 0 Å². The van der Waals surface area contributed by atoms with Gasteiger partial charge in [0.25, 0.3) is 5.91 Å². The van der Waals surface area contributed by atoms with Crippen LogP contribution in [0.4, 0.5) is 0 Å². The Morgan fingerprint density at radius 3 is 2.70 bits per heavy atom. The van der Waals surface area contributed by atoms with Crippen molar-refractivity contribution in [3.05, 3.63) is 52.8 Å². The first-order chi connectivity index (χ1) is 10.9. The topological polar surface area (TPSA) is 72.3 Å². The fraction of sp³-hybridized carbons (Fsp3) is 0.375. The summed E-state index contributed by atoms with van der Waals surface area (Å²) in [4.78, 5) is 14.3. The highest BCUT2D eigenvalue weighted by Crippen LogP contribution is 2.24. The lowest BCUT2D eigenvalue weighted by Gasteiger charge is -2.18. The zero-order chi connectivity index (χ0) is 16.6. The summed E-state index contributed by atoms with van der Waals surface area (Å²) in [5.74, 6) is -0.230. The van der Waals surface area contributed by atoms with Gasteiger partial charge in [-0.05, 0) is 5.56 Å². The SMILES string of the molecule is CN(Cc1ccccc1)C(=O)c1nn(C)c2c1CS(=O)(=O)CC2. The molecule has 1 aromatic carbocycles. The summed E-state index contributed by atoms with van der Waals surface area (Å²) in [5.41, 5.74) is 2.67. The van der Waals surface area contributed by atoms with Gasteiger partial charge in [0, 0.05) is 38.3 Å². The average molecular weight is 333 g/mol. The van der Waals surface area contributed by atoms with E-state index >= 15 is 0 Å². The first-order valence-corrected chi connectivity index (χ1v) is 9.24. The molecule has 23 heavy (non-hydrogen) atoms. The van der Waals surface area contributed by atoms with Gasteiger partial charge in [0.05, 0.1) is 11.5 Å². The Kier molecular flexibility index (Phi) is 3.97.